The van der Waals surface area contributed by atoms with Crippen molar-refractivity contribution < 1.29 is 9.15 Å². The van der Waals surface area contributed by atoms with Gasteiger partial charge in [0.05, 0.1) is 11.7 Å². The van der Waals surface area contributed by atoms with Crippen molar-refractivity contribution in [2.45, 2.75) is 19.0 Å². The normalized spacial score (nSPS) is 16.9. The third-order valence-corrected chi connectivity index (χ3v) is 7.29. The first-order chi connectivity index (χ1) is 18.6. The highest BCUT2D eigenvalue weighted by Crippen LogP contribution is 2.43. The number of nitrogens with zero attached hydrogens (tertiary/aromatic N) is 2. The number of furan rings is 1. The van der Waals surface area contributed by atoms with Crippen molar-refractivity contribution in [1.82, 2.24) is 10.3 Å². The number of nitrogens with one attached hydrogen (secondary N) is 1. The average Bonchev–Trinajstić information content (AvgIpc) is 3.56. The molecule has 0 bridgehead atoms. The number of halogens is 1. The van der Waals surface area contributed by atoms with Crippen molar-refractivity contribution in [3.8, 4) is 22.8 Å². The smallest absolute Gasteiger partial charge is 0.174 e. The molecule has 2 atom stereocenters. The molecule has 0 unspecified atom stereocenters. The Labute approximate surface area is 231 Å². The number of anilines is 1. The van der Waals surface area contributed by atoms with Gasteiger partial charge < -0.3 is 19.4 Å². The summed E-state index contributed by atoms with van der Waals surface area (Å²) in [6, 6.07) is 32.9. The van der Waals surface area contributed by atoms with E-state index in [1.807, 2.05) is 110 Å². The molecule has 38 heavy (non-hydrogen) atoms. The zero-order valence-electron chi connectivity index (χ0n) is 20.5. The second-order valence-corrected chi connectivity index (χ2v) is 9.87. The summed E-state index contributed by atoms with van der Waals surface area (Å²) in [6.07, 6.45) is 1.79. The van der Waals surface area contributed by atoms with Crippen LogP contribution in [0, 0.1) is 6.92 Å². The highest BCUT2D eigenvalue weighted by atomic mass is 35.5. The summed E-state index contributed by atoms with van der Waals surface area (Å²) in [6.45, 7) is 1.98. The van der Waals surface area contributed by atoms with E-state index in [1.165, 1.54) is 0 Å². The first-order valence-corrected chi connectivity index (χ1v) is 13.1. The summed E-state index contributed by atoms with van der Waals surface area (Å²) >= 11 is 12.2. The molecule has 0 radical (unpaired) electrons. The minimum Gasteiger partial charge on any atom is -0.459 e. The van der Waals surface area contributed by atoms with Crippen LogP contribution in [-0.2, 0) is 0 Å². The van der Waals surface area contributed by atoms with Gasteiger partial charge >= 0.3 is 0 Å². The lowest BCUT2D eigenvalue weighted by Crippen LogP contribution is -2.29. The Hall–Kier alpha value is -4.13. The maximum absolute atomic E-state index is 6.45. The third-order valence-electron chi connectivity index (χ3n) is 6.57. The number of thiocarbonyl (C=S) groups is 1. The molecule has 5 aromatic rings. The van der Waals surface area contributed by atoms with E-state index in [0.717, 1.165) is 45.5 Å². The van der Waals surface area contributed by atoms with Crippen LogP contribution in [0.3, 0.4) is 0 Å². The zero-order chi connectivity index (χ0) is 26.1. The molecule has 2 aromatic heterocycles. The lowest BCUT2D eigenvalue weighted by Gasteiger charge is -2.26. The van der Waals surface area contributed by atoms with Crippen LogP contribution >= 0.6 is 23.8 Å². The van der Waals surface area contributed by atoms with Gasteiger partial charge in [-0.3, -0.25) is 4.98 Å². The summed E-state index contributed by atoms with van der Waals surface area (Å²) in [5, 5.41) is 4.77. The maximum Gasteiger partial charge on any atom is 0.174 e. The van der Waals surface area contributed by atoms with E-state index in [-0.39, 0.29) is 12.1 Å². The van der Waals surface area contributed by atoms with Gasteiger partial charge in [-0.05, 0) is 91.4 Å². The van der Waals surface area contributed by atoms with Crippen LogP contribution in [-0.4, -0.2) is 10.1 Å². The van der Waals surface area contributed by atoms with E-state index >= 15 is 0 Å². The SMILES string of the molecule is Cc1ccc(-c2ccc([C@@H]3[C@H](c4ccccn4)NC(=S)N3c3ccc(Oc4ccccc4)cc3)o2)cc1Cl. The second-order valence-electron chi connectivity index (χ2n) is 9.07. The molecule has 7 heteroatoms. The Balaban J connectivity index is 1.36. The van der Waals surface area contributed by atoms with Crippen LogP contribution in [0.2, 0.25) is 5.02 Å². The molecule has 1 N–H and O–H groups in total. The van der Waals surface area contributed by atoms with E-state index in [4.69, 9.17) is 33.0 Å². The molecule has 1 fully saturated rings. The minimum absolute atomic E-state index is 0.204. The van der Waals surface area contributed by atoms with Crippen LogP contribution in [0.1, 0.15) is 29.1 Å². The standard InChI is InChI=1S/C31H24ClN3O2S/c1-20-10-11-21(19-25(20)32)27-16-17-28(37-27)30-29(26-9-5-6-18-33-26)34-31(38)35(30)22-12-14-24(15-13-22)36-23-7-3-2-4-8-23/h2-19,29-30H,1H3,(H,34,38)/t29-,30+/m0/s1. The fraction of sp³-hybridized carbons (Fsp3) is 0.0968. The fourth-order valence-corrected chi connectivity index (χ4v) is 5.16. The number of hydrogen-bond donors (Lipinski definition) is 1. The van der Waals surface area contributed by atoms with Gasteiger partial charge in [-0.1, -0.05) is 48.0 Å². The summed E-state index contributed by atoms with van der Waals surface area (Å²) in [7, 11) is 0. The molecule has 0 saturated carbocycles. The van der Waals surface area contributed by atoms with Crippen molar-refractivity contribution in [2.24, 2.45) is 0 Å². The molecular weight excluding hydrogens is 514 g/mol. The Kier molecular flexibility index (Phi) is 6.58. The predicted molar refractivity (Wildman–Crippen MR) is 155 cm³/mol. The monoisotopic (exact) mass is 537 g/mol. The Morgan fingerprint density at radius 1 is 0.895 bits per heavy atom. The van der Waals surface area contributed by atoms with Crippen molar-refractivity contribution in [3.63, 3.8) is 0 Å². The summed E-state index contributed by atoms with van der Waals surface area (Å²) in [5.41, 5.74) is 3.74. The van der Waals surface area contributed by atoms with Crippen LogP contribution in [0.15, 0.2) is 114 Å². The molecule has 1 aliphatic heterocycles. The Morgan fingerprint density at radius 2 is 1.66 bits per heavy atom. The largest absolute Gasteiger partial charge is 0.459 e. The molecule has 3 heterocycles. The van der Waals surface area contributed by atoms with E-state index in [9.17, 15) is 0 Å². The lowest BCUT2D eigenvalue weighted by molar-refractivity contribution is 0.439. The van der Waals surface area contributed by atoms with Gasteiger partial charge in [-0.15, -0.1) is 0 Å². The number of ether oxygens (including phenoxy) is 1. The van der Waals surface area contributed by atoms with E-state index in [1.54, 1.807) is 6.20 Å². The molecule has 188 valence electrons. The van der Waals surface area contributed by atoms with Gasteiger partial charge in [-0.2, -0.15) is 0 Å². The van der Waals surface area contributed by atoms with Crippen LogP contribution < -0.4 is 15.0 Å². The Morgan fingerprint density at radius 3 is 2.39 bits per heavy atom. The van der Waals surface area contributed by atoms with E-state index in [2.05, 4.69) is 15.2 Å². The van der Waals surface area contributed by atoms with Gasteiger partial charge in [-0.25, -0.2) is 0 Å². The van der Waals surface area contributed by atoms with Gasteiger partial charge in [0.25, 0.3) is 0 Å². The second kappa shape index (κ2) is 10.3. The molecular formula is C31H24ClN3O2S. The highest BCUT2D eigenvalue weighted by Gasteiger charge is 2.42. The summed E-state index contributed by atoms with van der Waals surface area (Å²) < 4.78 is 12.4. The molecule has 0 aliphatic carbocycles. The molecule has 0 spiro atoms. The quantitative estimate of drug-likeness (QED) is 0.220. The van der Waals surface area contributed by atoms with Crippen LogP contribution in [0.5, 0.6) is 11.5 Å². The molecule has 0 amide bonds. The summed E-state index contributed by atoms with van der Waals surface area (Å²) in [5.74, 6) is 3.04. The number of pyridine rings is 1. The summed E-state index contributed by atoms with van der Waals surface area (Å²) in [4.78, 5) is 6.69. The van der Waals surface area contributed by atoms with Crippen molar-refractivity contribution in [2.75, 3.05) is 4.90 Å². The highest BCUT2D eigenvalue weighted by molar-refractivity contribution is 7.80. The first-order valence-electron chi connectivity index (χ1n) is 12.3. The van der Waals surface area contributed by atoms with Crippen molar-refractivity contribution >= 4 is 34.6 Å². The predicted octanol–water partition coefficient (Wildman–Crippen LogP) is 8.27. The molecule has 5 nitrogen and oxygen atoms in total. The topological polar surface area (TPSA) is 50.5 Å². The molecule has 1 aliphatic rings. The van der Waals surface area contributed by atoms with Crippen LogP contribution in [0.4, 0.5) is 5.69 Å². The van der Waals surface area contributed by atoms with Gasteiger partial charge in [0.2, 0.25) is 0 Å². The first kappa shape index (κ1) is 24.2. The van der Waals surface area contributed by atoms with E-state index in [0.29, 0.717) is 10.1 Å². The zero-order valence-corrected chi connectivity index (χ0v) is 22.1. The molecule has 1 saturated heterocycles. The average molecular weight is 538 g/mol. The fourth-order valence-electron chi connectivity index (χ4n) is 4.63. The number of aryl methyl sites for hydroxylation is 1. The van der Waals surface area contributed by atoms with E-state index < -0.39 is 0 Å². The van der Waals surface area contributed by atoms with Gasteiger partial charge in [0.1, 0.15) is 29.1 Å². The minimum atomic E-state index is -0.257. The van der Waals surface area contributed by atoms with Gasteiger partial charge in [0.15, 0.2) is 5.11 Å². The van der Waals surface area contributed by atoms with Crippen LogP contribution in [0.25, 0.3) is 11.3 Å². The van der Waals surface area contributed by atoms with Crippen molar-refractivity contribution in [3.05, 3.63) is 131 Å². The number of rotatable bonds is 6. The van der Waals surface area contributed by atoms with Crippen molar-refractivity contribution in [1.29, 1.82) is 0 Å². The number of benzene rings is 3. The lowest BCUT2D eigenvalue weighted by atomic mass is 10.0. The van der Waals surface area contributed by atoms with Gasteiger partial charge in [0, 0.05) is 22.5 Å². The number of hydrogen-bond acceptors (Lipinski definition) is 4. The Bertz CT molecular complexity index is 1570. The number of aromatic nitrogens is 1. The maximum atomic E-state index is 6.45. The molecule has 6 rings (SSSR count). The number of para-hydroxylation sites is 1. The molecule has 3 aromatic carbocycles. The third kappa shape index (κ3) is 4.76.